The smallest absolute Gasteiger partial charge is 0.387 e. The summed E-state index contributed by atoms with van der Waals surface area (Å²) in [5.74, 6) is 2.65. The van der Waals surface area contributed by atoms with Gasteiger partial charge in [-0.25, -0.2) is 0 Å². The molecule has 1 aromatic carbocycles. The zero-order chi connectivity index (χ0) is 13.8. The first-order valence-electron chi connectivity index (χ1n) is 5.30. The van der Waals surface area contributed by atoms with Crippen LogP contribution < -0.4 is 10.1 Å². The molecular formula is C13H14ClF2NO. The molecule has 0 aliphatic heterocycles. The standard InChI is InChI=1S/C13H14ClF2NO/c1-4-13(2,3)17-8-9-7-10(14)5-6-11(9)18-12(15)16/h1,5-7,12,17H,8H2,2-3H3. The van der Waals surface area contributed by atoms with Crippen LogP contribution in [0, 0.1) is 12.3 Å². The van der Waals surface area contributed by atoms with Crippen molar-refractivity contribution in [2.24, 2.45) is 0 Å². The molecule has 1 N–H and O–H groups in total. The first-order valence-corrected chi connectivity index (χ1v) is 5.68. The van der Waals surface area contributed by atoms with Crippen LogP contribution in [0.15, 0.2) is 18.2 Å². The maximum atomic E-state index is 12.2. The highest BCUT2D eigenvalue weighted by Gasteiger charge is 2.15. The molecule has 1 rings (SSSR count). The number of ether oxygens (including phenoxy) is 1. The van der Waals surface area contributed by atoms with Gasteiger partial charge in [0.05, 0.1) is 5.54 Å². The molecule has 5 heteroatoms. The SMILES string of the molecule is C#CC(C)(C)NCc1cc(Cl)ccc1OC(F)F. The lowest BCUT2D eigenvalue weighted by Crippen LogP contribution is -2.37. The van der Waals surface area contributed by atoms with Crippen LogP contribution in [0.3, 0.4) is 0 Å². The molecule has 0 amide bonds. The van der Waals surface area contributed by atoms with Crippen LogP contribution in [-0.4, -0.2) is 12.2 Å². The summed E-state index contributed by atoms with van der Waals surface area (Å²) >= 11 is 5.83. The minimum absolute atomic E-state index is 0.0923. The maximum Gasteiger partial charge on any atom is 0.387 e. The Morgan fingerprint density at radius 2 is 2.17 bits per heavy atom. The summed E-state index contributed by atoms with van der Waals surface area (Å²) in [4.78, 5) is 0. The van der Waals surface area contributed by atoms with E-state index in [4.69, 9.17) is 18.0 Å². The second-order valence-corrected chi connectivity index (χ2v) is 4.69. The monoisotopic (exact) mass is 273 g/mol. The second kappa shape index (κ2) is 6.03. The molecule has 98 valence electrons. The molecule has 0 bridgehead atoms. The summed E-state index contributed by atoms with van der Waals surface area (Å²) < 4.78 is 28.9. The molecule has 2 nitrogen and oxygen atoms in total. The Balaban J connectivity index is 2.86. The van der Waals surface area contributed by atoms with E-state index in [9.17, 15) is 8.78 Å². The van der Waals surface area contributed by atoms with Gasteiger partial charge in [0.15, 0.2) is 0 Å². The molecule has 0 fully saturated rings. The molecule has 0 heterocycles. The average Bonchev–Trinajstić information content (AvgIpc) is 2.29. The van der Waals surface area contributed by atoms with Crippen LogP contribution >= 0.6 is 11.6 Å². The Morgan fingerprint density at radius 1 is 1.50 bits per heavy atom. The minimum Gasteiger partial charge on any atom is -0.434 e. The average molecular weight is 274 g/mol. The maximum absolute atomic E-state index is 12.2. The largest absolute Gasteiger partial charge is 0.434 e. The van der Waals surface area contributed by atoms with Crippen molar-refractivity contribution in [1.82, 2.24) is 5.32 Å². The lowest BCUT2D eigenvalue weighted by molar-refractivity contribution is -0.0505. The van der Waals surface area contributed by atoms with Gasteiger partial charge in [0, 0.05) is 17.1 Å². The van der Waals surface area contributed by atoms with E-state index in [0.717, 1.165) is 0 Å². The fraction of sp³-hybridized carbons (Fsp3) is 0.385. The summed E-state index contributed by atoms with van der Waals surface area (Å²) in [7, 11) is 0. The van der Waals surface area contributed by atoms with E-state index in [1.165, 1.54) is 12.1 Å². The molecular weight excluding hydrogens is 260 g/mol. The Kier molecular flexibility index (Phi) is 4.94. The minimum atomic E-state index is -2.87. The number of benzene rings is 1. The highest BCUT2D eigenvalue weighted by molar-refractivity contribution is 6.30. The number of alkyl halides is 2. The molecule has 18 heavy (non-hydrogen) atoms. The van der Waals surface area contributed by atoms with Crippen LogP contribution in [0.4, 0.5) is 8.78 Å². The molecule has 0 aromatic heterocycles. The van der Waals surface area contributed by atoms with Crippen molar-refractivity contribution < 1.29 is 13.5 Å². The third kappa shape index (κ3) is 4.52. The zero-order valence-electron chi connectivity index (χ0n) is 10.1. The van der Waals surface area contributed by atoms with Gasteiger partial charge < -0.3 is 4.74 Å². The van der Waals surface area contributed by atoms with Crippen molar-refractivity contribution in [3.05, 3.63) is 28.8 Å². The third-order valence-electron chi connectivity index (χ3n) is 2.32. The number of terminal acetylenes is 1. The molecule has 0 aliphatic carbocycles. The molecule has 0 radical (unpaired) electrons. The van der Waals surface area contributed by atoms with Gasteiger partial charge in [0.2, 0.25) is 0 Å². The van der Waals surface area contributed by atoms with Gasteiger partial charge in [-0.3, -0.25) is 5.32 Å². The number of hydrogen-bond acceptors (Lipinski definition) is 2. The molecule has 1 aromatic rings. The van der Waals surface area contributed by atoms with Crippen molar-refractivity contribution in [2.75, 3.05) is 0 Å². The van der Waals surface area contributed by atoms with E-state index in [-0.39, 0.29) is 5.75 Å². The van der Waals surface area contributed by atoms with Gasteiger partial charge >= 0.3 is 6.61 Å². The number of halogens is 3. The third-order valence-corrected chi connectivity index (χ3v) is 2.56. The van der Waals surface area contributed by atoms with Gasteiger partial charge in [0.25, 0.3) is 0 Å². The normalized spacial score (nSPS) is 11.4. The molecule has 0 spiro atoms. The molecule has 0 atom stereocenters. The number of rotatable bonds is 5. The quantitative estimate of drug-likeness (QED) is 0.830. The van der Waals surface area contributed by atoms with E-state index in [1.807, 2.05) is 13.8 Å². The van der Waals surface area contributed by atoms with E-state index in [0.29, 0.717) is 17.1 Å². The van der Waals surface area contributed by atoms with Gasteiger partial charge in [-0.1, -0.05) is 17.5 Å². The lowest BCUT2D eigenvalue weighted by Gasteiger charge is -2.20. The van der Waals surface area contributed by atoms with Crippen LogP contribution in [0.25, 0.3) is 0 Å². The summed E-state index contributed by atoms with van der Waals surface area (Å²) in [6, 6.07) is 4.47. The summed E-state index contributed by atoms with van der Waals surface area (Å²) in [6.07, 6.45) is 5.33. The van der Waals surface area contributed by atoms with Crippen molar-refractivity contribution in [3.8, 4) is 18.1 Å². The fourth-order valence-electron chi connectivity index (χ4n) is 1.26. The second-order valence-electron chi connectivity index (χ2n) is 4.25. The summed E-state index contributed by atoms with van der Waals surface area (Å²) in [6.45, 7) is 1.04. The summed E-state index contributed by atoms with van der Waals surface area (Å²) in [5, 5.41) is 3.50. The van der Waals surface area contributed by atoms with Crippen LogP contribution in [0.5, 0.6) is 5.75 Å². The van der Waals surface area contributed by atoms with Crippen molar-refractivity contribution in [2.45, 2.75) is 32.5 Å². The Hall–Kier alpha value is -1.31. The van der Waals surface area contributed by atoms with Gasteiger partial charge in [-0.2, -0.15) is 8.78 Å². The fourth-order valence-corrected chi connectivity index (χ4v) is 1.46. The Morgan fingerprint density at radius 3 is 2.72 bits per heavy atom. The molecule has 0 unspecified atom stereocenters. The van der Waals surface area contributed by atoms with E-state index >= 15 is 0 Å². The van der Waals surface area contributed by atoms with Gasteiger partial charge in [0.1, 0.15) is 5.75 Å². The molecule has 0 saturated carbocycles. The zero-order valence-corrected chi connectivity index (χ0v) is 10.9. The van der Waals surface area contributed by atoms with Crippen LogP contribution in [0.2, 0.25) is 5.02 Å². The van der Waals surface area contributed by atoms with E-state index in [2.05, 4.69) is 16.0 Å². The predicted octanol–water partition coefficient (Wildman–Crippen LogP) is 3.44. The van der Waals surface area contributed by atoms with Crippen molar-refractivity contribution in [1.29, 1.82) is 0 Å². The van der Waals surface area contributed by atoms with Crippen molar-refractivity contribution >= 4 is 11.6 Å². The lowest BCUT2D eigenvalue weighted by atomic mass is 10.1. The summed E-state index contributed by atoms with van der Waals surface area (Å²) in [5.41, 5.74) is -0.00383. The first-order chi connectivity index (χ1) is 8.34. The first kappa shape index (κ1) is 14.7. The van der Waals surface area contributed by atoms with Crippen LogP contribution in [0.1, 0.15) is 19.4 Å². The van der Waals surface area contributed by atoms with Crippen molar-refractivity contribution in [3.63, 3.8) is 0 Å². The van der Waals surface area contributed by atoms with Gasteiger partial charge in [-0.05, 0) is 32.0 Å². The van der Waals surface area contributed by atoms with E-state index < -0.39 is 12.2 Å². The number of nitrogens with one attached hydrogen (secondary N) is 1. The van der Waals surface area contributed by atoms with Gasteiger partial charge in [-0.15, -0.1) is 6.42 Å². The highest BCUT2D eigenvalue weighted by atomic mass is 35.5. The highest BCUT2D eigenvalue weighted by Crippen LogP contribution is 2.24. The number of hydrogen-bond donors (Lipinski definition) is 1. The molecule has 0 aliphatic rings. The predicted molar refractivity (Wildman–Crippen MR) is 67.8 cm³/mol. The Labute approximate surface area is 110 Å². The van der Waals surface area contributed by atoms with Crippen LogP contribution in [-0.2, 0) is 6.54 Å². The topological polar surface area (TPSA) is 21.3 Å². The van der Waals surface area contributed by atoms with E-state index in [1.54, 1.807) is 6.07 Å². The molecule has 0 saturated heterocycles. The Bertz CT molecular complexity index is 455.